The molecule has 1 fully saturated rings. The Bertz CT molecular complexity index is 459. The second kappa shape index (κ2) is 7.15. The number of hydrogen-bond acceptors (Lipinski definition) is 7. The summed E-state index contributed by atoms with van der Waals surface area (Å²) in [4.78, 5) is 15.3. The second-order valence-corrected chi connectivity index (χ2v) is 7.54. The Morgan fingerprint density at radius 2 is 1.90 bits per heavy atom. The number of nitrogens with one attached hydrogen (secondary N) is 2. The van der Waals surface area contributed by atoms with Crippen molar-refractivity contribution in [2.45, 2.75) is 37.9 Å². The van der Waals surface area contributed by atoms with Crippen LogP contribution < -0.4 is 15.5 Å². The summed E-state index contributed by atoms with van der Waals surface area (Å²) >= 11 is 2.03. The normalized spacial score (nSPS) is 21.3. The molecule has 2 N–H and O–H groups in total. The molecule has 0 radical (unpaired) electrons. The molecule has 0 aliphatic carbocycles. The van der Waals surface area contributed by atoms with Gasteiger partial charge in [0, 0.05) is 31.9 Å². The zero-order chi connectivity index (χ0) is 15.3. The van der Waals surface area contributed by atoms with Gasteiger partial charge in [-0.2, -0.15) is 26.7 Å². The lowest BCUT2D eigenvalue weighted by atomic mass is 10.1. The fourth-order valence-corrected chi connectivity index (χ4v) is 3.45. The third-order valence-electron chi connectivity index (χ3n) is 3.48. The molecule has 1 atom stereocenters. The van der Waals surface area contributed by atoms with Crippen LogP contribution in [0, 0.1) is 0 Å². The van der Waals surface area contributed by atoms with E-state index in [-0.39, 0.29) is 0 Å². The summed E-state index contributed by atoms with van der Waals surface area (Å²) in [6.45, 7) is 6.19. The van der Waals surface area contributed by atoms with Crippen molar-refractivity contribution in [3.8, 4) is 0 Å². The van der Waals surface area contributed by atoms with Crippen molar-refractivity contribution >= 4 is 29.6 Å². The molecular formula is C14H26N6S. The van der Waals surface area contributed by atoms with Gasteiger partial charge in [0.15, 0.2) is 0 Å². The molecular weight excluding hydrogens is 284 g/mol. The van der Waals surface area contributed by atoms with E-state index < -0.39 is 0 Å². The summed E-state index contributed by atoms with van der Waals surface area (Å²) in [6.07, 6.45) is 3.59. The van der Waals surface area contributed by atoms with E-state index in [0.717, 1.165) is 19.5 Å². The summed E-state index contributed by atoms with van der Waals surface area (Å²) in [5, 5.41) is 6.62. The Hall–Kier alpha value is -1.24. The highest BCUT2D eigenvalue weighted by Gasteiger charge is 2.29. The second-order valence-electron chi connectivity index (χ2n) is 5.86. The van der Waals surface area contributed by atoms with E-state index >= 15 is 0 Å². The first-order valence-electron chi connectivity index (χ1n) is 7.57. The molecule has 0 amide bonds. The first-order valence-corrected chi connectivity index (χ1v) is 8.56. The minimum Gasteiger partial charge on any atom is -0.354 e. The summed E-state index contributed by atoms with van der Waals surface area (Å²) in [7, 11) is 3.88. The fourth-order valence-electron chi connectivity index (χ4n) is 2.20. The van der Waals surface area contributed by atoms with Gasteiger partial charge in [0.25, 0.3) is 0 Å². The molecule has 2 rings (SSSR count). The van der Waals surface area contributed by atoms with Crippen LogP contribution >= 0.6 is 11.8 Å². The molecule has 2 heterocycles. The quantitative estimate of drug-likeness (QED) is 0.802. The van der Waals surface area contributed by atoms with Crippen LogP contribution in [-0.4, -0.2) is 52.6 Å². The van der Waals surface area contributed by atoms with Gasteiger partial charge in [0.2, 0.25) is 17.8 Å². The molecule has 1 aliphatic rings. The van der Waals surface area contributed by atoms with Gasteiger partial charge in [-0.3, -0.25) is 0 Å². The third-order valence-corrected chi connectivity index (χ3v) is 5.02. The number of anilines is 3. The van der Waals surface area contributed by atoms with Crippen molar-refractivity contribution < 1.29 is 0 Å². The van der Waals surface area contributed by atoms with Crippen LogP contribution in [-0.2, 0) is 0 Å². The predicted octanol–water partition coefficient (Wildman–Crippen LogP) is 2.46. The lowest BCUT2D eigenvalue weighted by Gasteiger charge is -2.23. The Labute approximate surface area is 131 Å². The lowest BCUT2D eigenvalue weighted by Crippen LogP contribution is -2.28. The number of nitrogens with zero attached hydrogens (tertiary/aromatic N) is 4. The Morgan fingerprint density at radius 1 is 1.19 bits per heavy atom. The van der Waals surface area contributed by atoms with Crippen LogP contribution in [0.1, 0.15) is 33.1 Å². The van der Waals surface area contributed by atoms with Crippen molar-refractivity contribution in [3.05, 3.63) is 0 Å². The number of aromatic nitrogens is 3. The third kappa shape index (κ3) is 4.62. The maximum atomic E-state index is 4.48. The Kier molecular flexibility index (Phi) is 5.50. The highest BCUT2D eigenvalue weighted by atomic mass is 32.2. The molecule has 1 unspecified atom stereocenters. The molecule has 0 saturated carbocycles. The number of rotatable bonds is 7. The van der Waals surface area contributed by atoms with Gasteiger partial charge >= 0.3 is 0 Å². The molecule has 0 aromatic carbocycles. The monoisotopic (exact) mass is 310 g/mol. The summed E-state index contributed by atoms with van der Waals surface area (Å²) in [5.41, 5.74) is 0. The molecule has 1 aromatic heterocycles. The van der Waals surface area contributed by atoms with Crippen LogP contribution in [0.4, 0.5) is 17.8 Å². The molecule has 0 bridgehead atoms. The maximum Gasteiger partial charge on any atom is 0.231 e. The van der Waals surface area contributed by atoms with Crippen LogP contribution in [0.5, 0.6) is 0 Å². The molecule has 21 heavy (non-hydrogen) atoms. The molecule has 1 aromatic rings. The molecule has 1 aliphatic heterocycles. The van der Waals surface area contributed by atoms with Gasteiger partial charge in [0.1, 0.15) is 0 Å². The average Bonchev–Trinajstić information content (AvgIpc) is 2.90. The molecule has 0 spiro atoms. The van der Waals surface area contributed by atoms with Gasteiger partial charge in [-0.05, 0) is 31.9 Å². The first-order chi connectivity index (χ1) is 10.0. The first kappa shape index (κ1) is 16.1. The molecule has 118 valence electrons. The van der Waals surface area contributed by atoms with Crippen molar-refractivity contribution in [1.82, 2.24) is 15.0 Å². The average molecular weight is 310 g/mol. The minimum absolute atomic E-state index is 0.294. The van der Waals surface area contributed by atoms with Crippen LogP contribution in [0.2, 0.25) is 0 Å². The highest BCUT2D eigenvalue weighted by molar-refractivity contribution is 8.00. The van der Waals surface area contributed by atoms with E-state index in [4.69, 9.17) is 0 Å². The molecule has 6 nitrogen and oxygen atoms in total. The largest absolute Gasteiger partial charge is 0.354 e. The van der Waals surface area contributed by atoms with Crippen molar-refractivity contribution in [2.75, 3.05) is 48.5 Å². The number of thioether (sulfide) groups is 1. The standard InChI is InChI=1S/C14H26N6S/c1-5-8-15-11-17-12(19-13(18-11)20(3)4)16-10-14(2)7-6-9-21-14/h5-10H2,1-4H3,(H2,15,16,17,18,19). The fraction of sp³-hybridized carbons (Fsp3) is 0.786. The minimum atomic E-state index is 0.294. The van der Waals surface area contributed by atoms with Gasteiger partial charge in [-0.15, -0.1) is 0 Å². The lowest BCUT2D eigenvalue weighted by molar-refractivity contribution is 0.632. The zero-order valence-electron chi connectivity index (χ0n) is 13.4. The number of hydrogen-bond donors (Lipinski definition) is 2. The van der Waals surface area contributed by atoms with Crippen molar-refractivity contribution in [3.63, 3.8) is 0 Å². The van der Waals surface area contributed by atoms with Gasteiger partial charge in [-0.25, -0.2) is 0 Å². The molecule has 7 heteroatoms. The maximum absolute atomic E-state index is 4.48. The van der Waals surface area contributed by atoms with E-state index in [0.29, 0.717) is 22.6 Å². The Morgan fingerprint density at radius 3 is 2.48 bits per heavy atom. The molecule has 1 saturated heterocycles. The summed E-state index contributed by atoms with van der Waals surface area (Å²) < 4.78 is 0.294. The smallest absolute Gasteiger partial charge is 0.231 e. The summed E-state index contributed by atoms with van der Waals surface area (Å²) in [5.74, 6) is 3.22. The highest BCUT2D eigenvalue weighted by Crippen LogP contribution is 2.37. The van der Waals surface area contributed by atoms with Gasteiger partial charge in [-0.1, -0.05) is 6.92 Å². The van der Waals surface area contributed by atoms with Gasteiger partial charge in [0.05, 0.1) is 0 Å². The van der Waals surface area contributed by atoms with Crippen molar-refractivity contribution in [1.29, 1.82) is 0 Å². The Balaban J connectivity index is 2.07. The zero-order valence-corrected chi connectivity index (χ0v) is 14.3. The van der Waals surface area contributed by atoms with E-state index in [2.05, 4.69) is 39.4 Å². The van der Waals surface area contributed by atoms with E-state index in [1.165, 1.54) is 18.6 Å². The van der Waals surface area contributed by atoms with Crippen LogP contribution in [0.3, 0.4) is 0 Å². The van der Waals surface area contributed by atoms with Crippen LogP contribution in [0.25, 0.3) is 0 Å². The van der Waals surface area contributed by atoms with Crippen LogP contribution in [0.15, 0.2) is 0 Å². The summed E-state index contributed by atoms with van der Waals surface area (Å²) in [6, 6.07) is 0. The van der Waals surface area contributed by atoms with E-state index in [1.54, 1.807) is 0 Å². The van der Waals surface area contributed by atoms with E-state index in [9.17, 15) is 0 Å². The van der Waals surface area contributed by atoms with E-state index in [1.807, 2.05) is 30.8 Å². The predicted molar refractivity (Wildman–Crippen MR) is 91.5 cm³/mol. The van der Waals surface area contributed by atoms with Gasteiger partial charge < -0.3 is 15.5 Å². The topological polar surface area (TPSA) is 66.0 Å². The van der Waals surface area contributed by atoms with Crippen molar-refractivity contribution in [2.24, 2.45) is 0 Å². The SMILES string of the molecule is CCCNc1nc(NCC2(C)CCCS2)nc(N(C)C)n1.